The van der Waals surface area contributed by atoms with Crippen LogP contribution in [0.1, 0.15) is 40.0 Å². The van der Waals surface area contributed by atoms with Gasteiger partial charge in [0.2, 0.25) is 5.91 Å². The molecule has 2 fully saturated rings. The molecule has 0 aromatic heterocycles. The molecule has 2 bridgehead atoms. The fourth-order valence-electron chi connectivity index (χ4n) is 4.50. The highest BCUT2D eigenvalue weighted by Gasteiger charge is 2.72. The summed E-state index contributed by atoms with van der Waals surface area (Å²) in [5, 5.41) is 2.99. The minimum atomic E-state index is -0.649. The van der Waals surface area contributed by atoms with Crippen molar-refractivity contribution in [1.82, 2.24) is 0 Å². The van der Waals surface area contributed by atoms with Crippen molar-refractivity contribution in [2.45, 2.75) is 40.0 Å². The highest BCUT2D eigenvalue weighted by Crippen LogP contribution is 2.70. The van der Waals surface area contributed by atoms with Gasteiger partial charge in [0.05, 0.1) is 25.3 Å². The van der Waals surface area contributed by atoms with Crippen LogP contribution >= 0.6 is 0 Å². The van der Waals surface area contributed by atoms with Gasteiger partial charge in [-0.3, -0.25) is 9.59 Å². The standard InChI is InChI=1S/C19H25NO4/c1-17(2)18(3)8-9-19(17,11-15(18)21)16(22)20-13-7-6-12(23-4)10-14(13)24-5/h6-7,10H,8-9,11H2,1-5H3,(H,20,22)/t18-,19+/m1/s1. The van der Waals surface area contributed by atoms with Crippen LogP contribution in [0.4, 0.5) is 5.69 Å². The molecular weight excluding hydrogens is 306 g/mol. The number of rotatable bonds is 4. The molecule has 1 aromatic rings. The number of carbonyl (C=O) groups is 2. The van der Waals surface area contributed by atoms with Crippen molar-refractivity contribution in [3.63, 3.8) is 0 Å². The maximum absolute atomic E-state index is 13.2. The summed E-state index contributed by atoms with van der Waals surface area (Å²) >= 11 is 0. The Bertz CT molecular complexity index is 711. The molecular formula is C19H25NO4. The van der Waals surface area contributed by atoms with Crippen LogP contribution in [0.3, 0.4) is 0 Å². The zero-order valence-electron chi connectivity index (χ0n) is 15.0. The first-order chi connectivity index (χ1) is 11.2. The molecule has 130 valence electrons. The average molecular weight is 331 g/mol. The van der Waals surface area contributed by atoms with Gasteiger partial charge in [-0.25, -0.2) is 0 Å². The first kappa shape index (κ1) is 16.8. The van der Waals surface area contributed by atoms with E-state index in [0.717, 1.165) is 12.8 Å². The van der Waals surface area contributed by atoms with Crippen LogP contribution in [0, 0.1) is 16.2 Å². The van der Waals surface area contributed by atoms with E-state index in [0.29, 0.717) is 23.6 Å². The lowest BCUT2D eigenvalue weighted by Gasteiger charge is -2.38. The molecule has 0 spiro atoms. The number of Topliss-reactive ketones (excluding diaryl/α,β-unsaturated/α-hetero) is 1. The van der Waals surface area contributed by atoms with Crippen molar-refractivity contribution in [3.05, 3.63) is 18.2 Å². The summed E-state index contributed by atoms with van der Waals surface area (Å²) in [5.74, 6) is 1.32. The number of ketones is 1. The molecule has 2 saturated carbocycles. The fourth-order valence-corrected chi connectivity index (χ4v) is 4.50. The van der Waals surface area contributed by atoms with Crippen molar-refractivity contribution in [2.24, 2.45) is 16.2 Å². The van der Waals surface area contributed by atoms with E-state index in [1.807, 2.05) is 6.92 Å². The number of benzene rings is 1. The van der Waals surface area contributed by atoms with E-state index in [9.17, 15) is 9.59 Å². The van der Waals surface area contributed by atoms with Gasteiger partial charge in [-0.15, -0.1) is 0 Å². The maximum Gasteiger partial charge on any atom is 0.231 e. The summed E-state index contributed by atoms with van der Waals surface area (Å²) in [6.45, 7) is 6.11. The van der Waals surface area contributed by atoms with Gasteiger partial charge in [0.25, 0.3) is 0 Å². The Morgan fingerprint density at radius 2 is 1.83 bits per heavy atom. The second kappa shape index (κ2) is 5.23. The topological polar surface area (TPSA) is 64.6 Å². The number of amides is 1. The number of carbonyl (C=O) groups excluding carboxylic acids is 2. The molecule has 0 radical (unpaired) electrons. The SMILES string of the molecule is COc1ccc(NC(=O)[C@]23CC[C@](C)(C(=O)C2)C3(C)C)c(OC)c1. The molecule has 0 heterocycles. The van der Waals surface area contributed by atoms with Crippen LogP contribution in [-0.4, -0.2) is 25.9 Å². The van der Waals surface area contributed by atoms with Crippen molar-refractivity contribution >= 4 is 17.4 Å². The van der Waals surface area contributed by atoms with Crippen LogP contribution in [0.15, 0.2) is 18.2 Å². The van der Waals surface area contributed by atoms with Gasteiger partial charge in [0, 0.05) is 17.9 Å². The fraction of sp³-hybridized carbons (Fsp3) is 0.579. The summed E-state index contributed by atoms with van der Waals surface area (Å²) in [5.41, 5.74) is -0.819. The highest BCUT2D eigenvalue weighted by molar-refractivity contribution is 6.05. The molecule has 5 nitrogen and oxygen atoms in total. The molecule has 1 amide bonds. The predicted octanol–water partition coefficient (Wildman–Crippen LogP) is 3.43. The van der Waals surface area contributed by atoms with E-state index in [4.69, 9.17) is 9.47 Å². The second-order valence-corrected chi connectivity index (χ2v) is 7.66. The van der Waals surface area contributed by atoms with Crippen LogP contribution in [0.2, 0.25) is 0 Å². The molecule has 2 atom stereocenters. The smallest absolute Gasteiger partial charge is 0.231 e. The van der Waals surface area contributed by atoms with Crippen molar-refractivity contribution in [2.75, 3.05) is 19.5 Å². The third kappa shape index (κ3) is 1.93. The Morgan fingerprint density at radius 1 is 1.12 bits per heavy atom. The normalized spacial score (nSPS) is 30.3. The molecule has 1 N–H and O–H groups in total. The molecule has 0 unspecified atom stereocenters. The molecule has 1 aromatic carbocycles. The van der Waals surface area contributed by atoms with E-state index in [1.54, 1.807) is 32.4 Å². The Balaban J connectivity index is 1.93. The van der Waals surface area contributed by atoms with Gasteiger partial charge >= 0.3 is 0 Å². The Morgan fingerprint density at radius 3 is 2.33 bits per heavy atom. The number of hydrogen-bond acceptors (Lipinski definition) is 4. The molecule has 2 aliphatic carbocycles. The van der Waals surface area contributed by atoms with Crippen molar-refractivity contribution in [3.8, 4) is 11.5 Å². The lowest BCUT2D eigenvalue weighted by atomic mass is 9.64. The number of nitrogens with one attached hydrogen (secondary N) is 1. The van der Waals surface area contributed by atoms with E-state index in [1.165, 1.54) is 0 Å². The average Bonchev–Trinajstić information content (AvgIpc) is 2.85. The summed E-state index contributed by atoms with van der Waals surface area (Å²) in [6, 6.07) is 5.28. The first-order valence-corrected chi connectivity index (χ1v) is 8.29. The second-order valence-electron chi connectivity index (χ2n) is 7.66. The molecule has 3 rings (SSSR count). The monoisotopic (exact) mass is 331 g/mol. The number of fused-ring (bicyclic) bond motifs is 2. The third-order valence-electron chi connectivity index (χ3n) is 6.80. The molecule has 2 aliphatic rings. The summed E-state index contributed by atoms with van der Waals surface area (Å²) in [6.07, 6.45) is 1.83. The minimum absolute atomic E-state index is 0.0921. The number of hydrogen-bond donors (Lipinski definition) is 1. The Labute approximate surface area is 142 Å². The van der Waals surface area contributed by atoms with Crippen LogP contribution in [0.25, 0.3) is 0 Å². The lowest BCUT2D eigenvalue weighted by Crippen LogP contribution is -2.43. The van der Waals surface area contributed by atoms with Gasteiger partial charge in [0.15, 0.2) is 0 Å². The maximum atomic E-state index is 13.2. The minimum Gasteiger partial charge on any atom is -0.497 e. The van der Waals surface area contributed by atoms with Crippen LogP contribution in [-0.2, 0) is 9.59 Å². The number of ether oxygens (including phenoxy) is 2. The summed E-state index contributed by atoms with van der Waals surface area (Å²) in [7, 11) is 3.14. The summed E-state index contributed by atoms with van der Waals surface area (Å²) < 4.78 is 10.5. The third-order valence-corrected chi connectivity index (χ3v) is 6.80. The molecule has 0 saturated heterocycles. The zero-order valence-corrected chi connectivity index (χ0v) is 15.0. The van der Waals surface area contributed by atoms with Crippen molar-refractivity contribution < 1.29 is 19.1 Å². The molecule has 24 heavy (non-hydrogen) atoms. The van der Waals surface area contributed by atoms with Crippen molar-refractivity contribution in [1.29, 1.82) is 0 Å². The lowest BCUT2D eigenvalue weighted by molar-refractivity contribution is -0.131. The number of anilines is 1. The molecule has 0 aliphatic heterocycles. The van der Waals surface area contributed by atoms with E-state index in [2.05, 4.69) is 19.2 Å². The zero-order chi connectivity index (χ0) is 17.8. The molecule has 5 heteroatoms. The van der Waals surface area contributed by atoms with E-state index >= 15 is 0 Å². The highest BCUT2D eigenvalue weighted by atomic mass is 16.5. The largest absolute Gasteiger partial charge is 0.497 e. The van der Waals surface area contributed by atoms with Gasteiger partial charge in [-0.05, 0) is 30.4 Å². The quantitative estimate of drug-likeness (QED) is 0.918. The van der Waals surface area contributed by atoms with Gasteiger partial charge in [-0.1, -0.05) is 20.8 Å². The van der Waals surface area contributed by atoms with E-state index < -0.39 is 10.8 Å². The van der Waals surface area contributed by atoms with Gasteiger partial charge < -0.3 is 14.8 Å². The number of methoxy groups -OCH3 is 2. The van der Waals surface area contributed by atoms with Crippen LogP contribution in [0.5, 0.6) is 11.5 Å². The predicted molar refractivity (Wildman–Crippen MR) is 91.4 cm³/mol. The Hall–Kier alpha value is -2.04. The Kier molecular flexibility index (Phi) is 3.66. The first-order valence-electron chi connectivity index (χ1n) is 8.29. The summed E-state index contributed by atoms with van der Waals surface area (Å²) in [4.78, 5) is 25.7. The van der Waals surface area contributed by atoms with Crippen LogP contribution < -0.4 is 14.8 Å². The van der Waals surface area contributed by atoms with E-state index in [-0.39, 0.29) is 17.1 Å². The van der Waals surface area contributed by atoms with Gasteiger partial charge in [0.1, 0.15) is 17.3 Å². The van der Waals surface area contributed by atoms with Gasteiger partial charge in [-0.2, -0.15) is 0 Å².